The summed E-state index contributed by atoms with van der Waals surface area (Å²) in [6.45, 7) is 8.54. The lowest BCUT2D eigenvalue weighted by molar-refractivity contribution is 0.121. The normalized spacial score (nSPS) is 36.0. The van der Waals surface area contributed by atoms with E-state index in [1.54, 1.807) is 11.3 Å². The Morgan fingerprint density at radius 1 is 1.37 bits per heavy atom. The number of hydrogen-bond donors (Lipinski definition) is 1. The molecule has 1 N–H and O–H groups in total. The van der Waals surface area contributed by atoms with Gasteiger partial charge in [-0.3, -0.25) is 0 Å². The van der Waals surface area contributed by atoms with E-state index in [-0.39, 0.29) is 0 Å². The molecule has 106 valence electrons. The Morgan fingerprint density at radius 3 is 2.68 bits per heavy atom. The SMILES string of the molecule is CC1(C)C2CCC1(C)C(NCCc1ccc(Cl)s1)C2. The van der Waals surface area contributed by atoms with Gasteiger partial charge in [0.1, 0.15) is 0 Å². The van der Waals surface area contributed by atoms with Gasteiger partial charge in [-0.15, -0.1) is 11.3 Å². The van der Waals surface area contributed by atoms with Crippen LogP contribution in [0.2, 0.25) is 4.34 Å². The van der Waals surface area contributed by atoms with Gasteiger partial charge in [0.15, 0.2) is 0 Å². The third-order valence-electron chi connectivity index (χ3n) is 6.19. The van der Waals surface area contributed by atoms with E-state index in [9.17, 15) is 0 Å². The second kappa shape index (κ2) is 4.75. The summed E-state index contributed by atoms with van der Waals surface area (Å²) in [4.78, 5) is 1.39. The Morgan fingerprint density at radius 2 is 2.16 bits per heavy atom. The summed E-state index contributed by atoms with van der Waals surface area (Å²) < 4.78 is 0.906. The van der Waals surface area contributed by atoms with Crippen molar-refractivity contribution < 1.29 is 0 Å². The lowest BCUT2D eigenvalue weighted by Crippen LogP contribution is -2.45. The molecule has 1 heterocycles. The van der Waals surface area contributed by atoms with Gasteiger partial charge in [-0.25, -0.2) is 0 Å². The number of halogens is 1. The maximum absolute atomic E-state index is 5.98. The smallest absolute Gasteiger partial charge is 0.0931 e. The molecule has 0 amide bonds. The minimum absolute atomic E-state index is 0.491. The van der Waals surface area contributed by atoms with Crippen LogP contribution in [-0.4, -0.2) is 12.6 Å². The molecule has 2 bridgehead atoms. The summed E-state index contributed by atoms with van der Waals surface area (Å²) >= 11 is 7.69. The Labute approximate surface area is 125 Å². The number of rotatable bonds is 4. The zero-order valence-corrected chi connectivity index (χ0v) is 13.7. The Hall–Kier alpha value is -0.0500. The summed E-state index contributed by atoms with van der Waals surface area (Å²) in [5.74, 6) is 0.922. The molecule has 3 rings (SSSR count). The van der Waals surface area contributed by atoms with Crippen molar-refractivity contribution in [3.05, 3.63) is 21.3 Å². The molecule has 3 heteroatoms. The summed E-state index contributed by atoms with van der Waals surface area (Å²) in [7, 11) is 0. The fourth-order valence-electron chi connectivity index (χ4n) is 4.37. The second-order valence-corrected chi connectivity index (χ2v) is 8.87. The Bertz CT molecular complexity index is 467. The molecule has 0 radical (unpaired) electrons. The van der Waals surface area contributed by atoms with Gasteiger partial charge in [0, 0.05) is 17.5 Å². The summed E-state index contributed by atoms with van der Waals surface area (Å²) in [6.07, 6.45) is 5.30. The van der Waals surface area contributed by atoms with Crippen LogP contribution in [-0.2, 0) is 6.42 Å². The molecular weight excluding hydrogens is 274 g/mol. The molecule has 1 aromatic rings. The van der Waals surface area contributed by atoms with Crippen LogP contribution in [0.25, 0.3) is 0 Å². The van der Waals surface area contributed by atoms with Crippen LogP contribution >= 0.6 is 22.9 Å². The first-order valence-electron chi connectivity index (χ1n) is 7.41. The third kappa shape index (κ3) is 2.16. The molecule has 2 aliphatic rings. The van der Waals surface area contributed by atoms with Crippen molar-refractivity contribution in [3.63, 3.8) is 0 Å². The minimum Gasteiger partial charge on any atom is -0.313 e. The highest BCUT2D eigenvalue weighted by atomic mass is 35.5. The molecule has 3 unspecified atom stereocenters. The van der Waals surface area contributed by atoms with Gasteiger partial charge in [0.2, 0.25) is 0 Å². The van der Waals surface area contributed by atoms with E-state index in [1.807, 2.05) is 6.07 Å². The summed E-state index contributed by atoms with van der Waals surface area (Å²) in [6, 6.07) is 4.86. The van der Waals surface area contributed by atoms with Crippen molar-refractivity contribution in [1.82, 2.24) is 5.32 Å². The van der Waals surface area contributed by atoms with Crippen LogP contribution in [0.4, 0.5) is 0 Å². The Kier molecular flexibility index (Phi) is 3.48. The fraction of sp³-hybridized carbons (Fsp3) is 0.750. The molecule has 1 aromatic heterocycles. The first-order valence-corrected chi connectivity index (χ1v) is 8.60. The molecule has 1 nitrogen and oxygen atoms in total. The molecule has 3 atom stereocenters. The highest BCUT2D eigenvalue weighted by molar-refractivity contribution is 7.16. The van der Waals surface area contributed by atoms with E-state index in [4.69, 9.17) is 11.6 Å². The van der Waals surface area contributed by atoms with Crippen molar-refractivity contribution in [2.45, 2.75) is 52.5 Å². The van der Waals surface area contributed by atoms with Crippen LogP contribution < -0.4 is 5.32 Å². The molecule has 2 saturated carbocycles. The lowest BCUT2D eigenvalue weighted by Gasteiger charge is -2.39. The molecular formula is C16H24ClNS. The van der Waals surface area contributed by atoms with Crippen molar-refractivity contribution in [1.29, 1.82) is 0 Å². The van der Waals surface area contributed by atoms with Crippen molar-refractivity contribution in [3.8, 4) is 0 Å². The number of hydrogen-bond acceptors (Lipinski definition) is 2. The van der Waals surface area contributed by atoms with E-state index in [0.717, 1.165) is 23.2 Å². The third-order valence-corrected chi connectivity index (χ3v) is 7.48. The molecule has 0 spiro atoms. The van der Waals surface area contributed by atoms with E-state index >= 15 is 0 Å². The topological polar surface area (TPSA) is 12.0 Å². The zero-order chi connectivity index (χ0) is 13.7. The highest BCUT2D eigenvalue weighted by Crippen LogP contribution is 2.65. The largest absolute Gasteiger partial charge is 0.313 e. The number of fused-ring (bicyclic) bond motifs is 2. The predicted molar refractivity (Wildman–Crippen MR) is 84.1 cm³/mol. The Balaban J connectivity index is 1.57. The fourth-order valence-corrected chi connectivity index (χ4v) is 5.46. The van der Waals surface area contributed by atoms with E-state index in [1.165, 1.54) is 24.1 Å². The van der Waals surface area contributed by atoms with Gasteiger partial charge in [0.05, 0.1) is 4.34 Å². The van der Waals surface area contributed by atoms with Gasteiger partial charge in [-0.2, -0.15) is 0 Å². The maximum Gasteiger partial charge on any atom is 0.0931 e. The minimum atomic E-state index is 0.491. The highest BCUT2D eigenvalue weighted by Gasteiger charge is 2.60. The van der Waals surface area contributed by atoms with Crippen molar-refractivity contribution in [2.75, 3.05) is 6.54 Å². The standard InChI is InChI=1S/C16H24ClNS/c1-15(2)11-6-8-16(15,3)13(10-11)18-9-7-12-4-5-14(17)19-12/h4-5,11,13,18H,6-10H2,1-3H3. The quantitative estimate of drug-likeness (QED) is 0.846. The first-order chi connectivity index (χ1) is 8.93. The van der Waals surface area contributed by atoms with Gasteiger partial charge >= 0.3 is 0 Å². The van der Waals surface area contributed by atoms with E-state index in [2.05, 4.69) is 32.2 Å². The van der Waals surface area contributed by atoms with E-state index in [0.29, 0.717) is 16.9 Å². The molecule has 0 aliphatic heterocycles. The van der Waals surface area contributed by atoms with Crippen LogP contribution in [0.15, 0.2) is 12.1 Å². The van der Waals surface area contributed by atoms with Crippen LogP contribution in [0.1, 0.15) is 44.9 Å². The summed E-state index contributed by atoms with van der Waals surface area (Å²) in [5.41, 5.74) is 1.00. The van der Waals surface area contributed by atoms with E-state index < -0.39 is 0 Å². The van der Waals surface area contributed by atoms with Crippen LogP contribution in [0.5, 0.6) is 0 Å². The lowest BCUT2D eigenvalue weighted by atomic mass is 9.69. The first kappa shape index (κ1) is 13.9. The van der Waals surface area contributed by atoms with Crippen molar-refractivity contribution >= 4 is 22.9 Å². The maximum atomic E-state index is 5.98. The van der Waals surface area contributed by atoms with Gasteiger partial charge in [-0.1, -0.05) is 32.4 Å². The molecule has 0 saturated heterocycles. The molecule has 2 aliphatic carbocycles. The van der Waals surface area contributed by atoms with Crippen LogP contribution in [0.3, 0.4) is 0 Å². The van der Waals surface area contributed by atoms with Gasteiger partial charge in [0.25, 0.3) is 0 Å². The number of thiophene rings is 1. The monoisotopic (exact) mass is 297 g/mol. The molecule has 0 aromatic carbocycles. The zero-order valence-electron chi connectivity index (χ0n) is 12.1. The van der Waals surface area contributed by atoms with Crippen LogP contribution in [0, 0.1) is 16.7 Å². The van der Waals surface area contributed by atoms with Gasteiger partial charge in [-0.05, 0) is 54.6 Å². The predicted octanol–water partition coefficient (Wildman–Crippen LogP) is 4.75. The summed E-state index contributed by atoms with van der Waals surface area (Å²) in [5, 5.41) is 3.83. The molecule has 19 heavy (non-hydrogen) atoms. The van der Waals surface area contributed by atoms with Crippen molar-refractivity contribution in [2.24, 2.45) is 16.7 Å². The average Bonchev–Trinajstić information content (AvgIpc) is 2.90. The second-order valence-electron chi connectivity index (χ2n) is 7.07. The number of nitrogens with one attached hydrogen (secondary N) is 1. The molecule has 2 fully saturated rings. The van der Waals surface area contributed by atoms with Gasteiger partial charge < -0.3 is 5.32 Å². The average molecular weight is 298 g/mol.